The summed E-state index contributed by atoms with van der Waals surface area (Å²) in [5.74, 6) is 0.417. The first-order chi connectivity index (χ1) is 14.6. The van der Waals surface area contributed by atoms with E-state index in [9.17, 15) is 4.79 Å². The Morgan fingerprint density at radius 2 is 2.10 bits per heavy atom. The number of benzene rings is 1. The maximum absolute atomic E-state index is 12.9. The molecule has 8 heteroatoms. The van der Waals surface area contributed by atoms with E-state index in [1.807, 2.05) is 19.1 Å². The highest BCUT2D eigenvalue weighted by atomic mass is 32.2. The number of carbonyl (C=O) groups is 1. The molecule has 7 nitrogen and oxygen atoms in total. The van der Waals surface area contributed by atoms with Gasteiger partial charge in [-0.15, -0.1) is 5.10 Å². The molecular formula is C22H27N5O2S. The molecule has 1 aliphatic rings. The van der Waals surface area contributed by atoms with E-state index in [-0.39, 0.29) is 11.9 Å². The molecule has 0 aliphatic carbocycles. The van der Waals surface area contributed by atoms with Crippen LogP contribution in [0.2, 0.25) is 0 Å². The molecule has 1 aromatic carbocycles. The average molecular weight is 426 g/mol. The van der Waals surface area contributed by atoms with E-state index in [1.165, 1.54) is 17.3 Å². The largest absolute Gasteiger partial charge is 0.376 e. The van der Waals surface area contributed by atoms with Gasteiger partial charge in [-0.25, -0.2) is 4.68 Å². The molecule has 0 saturated carbocycles. The van der Waals surface area contributed by atoms with E-state index < -0.39 is 0 Å². The summed E-state index contributed by atoms with van der Waals surface area (Å²) in [6.07, 6.45) is 3.20. The van der Waals surface area contributed by atoms with Gasteiger partial charge < -0.3 is 9.30 Å². The van der Waals surface area contributed by atoms with Crippen LogP contribution in [0, 0.1) is 13.8 Å². The third-order valence-corrected chi connectivity index (χ3v) is 6.53. The zero-order chi connectivity index (χ0) is 20.9. The highest BCUT2D eigenvalue weighted by molar-refractivity contribution is 7.99. The van der Waals surface area contributed by atoms with Gasteiger partial charge in [0.25, 0.3) is 0 Å². The molecule has 1 atom stereocenters. The number of aryl methyl sites for hydroxylation is 2. The fraction of sp³-hybridized carbons (Fsp3) is 0.455. The second-order valence-electron chi connectivity index (χ2n) is 7.66. The minimum atomic E-state index is 0.103. The summed E-state index contributed by atoms with van der Waals surface area (Å²) in [5, 5.41) is 12.6. The SMILES string of the molecule is Cc1cc(C(=O)CSc2nnnn2C[C@@H]2CCCO2)c(C)n1CCc1ccccc1. The number of hydrogen-bond donors (Lipinski definition) is 0. The standard InChI is InChI=1S/C22H27N5O2S/c1-16-13-20(17(2)26(16)11-10-18-7-4-3-5-8-18)21(28)15-30-22-23-24-25-27(22)14-19-9-6-12-29-19/h3-5,7-8,13,19H,6,9-12,14-15H2,1-2H3/t19-/m0/s1. The van der Waals surface area contributed by atoms with Crippen molar-refractivity contribution in [1.29, 1.82) is 0 Å². The quantitative estimate of drug-likeness (QED) is 0.386. The number of ether oxygens (including phenoxy) is 1. The van der Waals surface area contributed by atoms with Crippen molar-refractivity contribution >= 4 is 17.5 Å². The molecule has 3 heterocycles. The Balaban J connectivity index is 1.38. The predicted molar refractivity (Wildman–Crippen MR) is 116 cm³/mol. The minimum absolute atomic E-state index is 0.103. The normalized spacial score (nSPS) is 16.3. The molecule has 0 bridgehead atoms. The lowest BCUT2D eigenvalue weighted by Crippen LogP contribution is -2.17. The maximum Gasteiger partial charge on any atom is 0.209 e. The van der Waals surface area contributed by atoms with Gasteiger partial charge in [-0.2, -0.15) is 0 Å². The summed E-state index contributed by atoms with van der Waals surface area (Å²) in [6.45, 7) is 6.38. The Labute approximate surface area is 180 Å². The van der Waals surface area contributed by atoms with E-state index in [1.54, 1.807) is 4.68 Å². The van der Waals surface area contributed by atoms with Crippen LogP contribution >= 0.6 is 11.8 Å². The van der Waals surface area contributed by atoms with Gasteiger partial charge in [0.1, 0.15) is 0 Å². The van der Waals surface area contributed by atoms with Crippen LogP contribution in [0.15, 0.2) is 41.6 Å². The Morgan fingerprint density at radius 1 is 1.27 bits per heavy atom. The predicted octanol–water partition coefficient (Wildman–Crippen LogP) is 3.49. The van der Waals surface area contributed by atoms with Gasteiger partial charge in [0.2, 0.25) is 5.16 Å². The lowest BCUT2D eigenvalue weighted by Gasteiger charge is -2.10. The van der Waals surface area contributed by atoms with Crippen LogP contribution in [0.5, 0.6) is 0 Å². The minimum Gasteiger partial charge on any atom is -0.376 e. The number of hydrogen-bond acceptors (Lipinski definition) is 6. The van der Waals surface area contributed by atoms with Gasteiger partial charge in [0, 0.05) is 30.1 Å². The first-order valence-electron chi connectivity index (χ1n) is 10.4. The number of nitrogens with zero attached hydrogens (tertiary/aromatic N) is 5. The fourth-order valence-corrected chi connectivity index (χ4v) is 4.69. The highest BCUT2D eigenvalue weighted by Crippen LogP contribution is 2.22. The molecular weight excluding hydrogens is 398 g/mol. The van der Waals surface area contributed by atoms with E-state index in [4.69, 9.17) is 4.74 Å². The number of tetrazole rings is 1. The number of carbonyl (C=O) groups excluding carboxylic acids is 1. The molecule has 4 rings (SSSR count). The van der Waals surface area contributed by atoms with Crippen molar-refractivity contribution in [1.82, 2.24) is 24.8 Å². The highest BCUT2D eigenvalue weighted by Gasteiger charge is 2.21. The average Bonchev–Trinajstić information content (AvgIpc) is 3.48. The lowest BCUT2D eigenvalue weighted by molar-refractivity contribution is 0.0912. The van der Waals surface area contributed by atoms with Crippen LogP contribution in [-0.4, -0.2) is 49.0 Å². The van der Waals surface area contributed by atoms with Gasteiger partial charge in [-0.05, 0) is 55.2 Å². The molecule has 158 valence electrons. The molecule has 0 amide bonds. The smallest absolute Gasteiger partial charge is 0.209 e. The molecule has 0 radical (unpaired) electrons. The van der Waals surface area contributed by atoms with Crippen molar-refractivity contribution in [3.63, 3.8) is 0 Å². The summed E-state index contributed by atoms with van der Waals surface area (Å²) in [6, 6.07) is 12.4. The second-order valence-corrected chi connectivity index (χ2v) is 8.60. The van der Waals surface area contributed by atoms with Crippen LogP contribution in [0.3, 0.4) is 0 Å². The Bertz CT molecular complexity index is 992. The molecule has 1 fully saturated rings. The van der Waals surface area contributed by atoms with Crippen molar-refractivity contribution < 1.29 is 9.53 Å². The Kier molecular flexibility index (Phi) is 6.64. The van der Waals surface area contributed by atoms with Gasteiger partial charge in [-0.3, -0.25) is 4.79 Å². The van der Waals surface area contributed by atoms with Crippen LogP contribution in [0.1, 0.15) is 40.2 Å². The summed E-state index contributed by atoms with van der Waals surface area (Å²) < 4.78 is 9.64. The lowest BCUT2D eigenvalue weighted by atomic mass is 10.1. The van der Waals surface area contributed by atoms with E-state index >= 15 is 0 Å². The third kappa shape index (κ3) is 4.82. The number of thioether (sulfide) groups is 1. The van der Waals surface area contributed by atoms with Gasteiger partial charge in [0.05, 0.1) is 18.4 Å². The number of rotatable bonds is 9. The summed E-state index contributed by atoms with van der Waals surface area (Å²) in [4.78, 5) is 12.9. The number of ketones is 1. The first-order valence-corrected chi connectivity index (χ1v) is 11.3. The van der Waals surface area contributed by atoms with Crippen LogP contribution in [-0.2, 0) is 24.2 Å². The number of aromatic nitrogens is 5. The van der Waals surface area contributed by atoms with Crippen molar-refractivity contribution in [3.8, 4) is 0 Å². The maximum atomic E-state index is 12.9. The summed E-state index contributed by atoms with van der Waals surface area (Å²) >= 11 is 1.39. The molecule has 3 aromatic rings. The van der Waals surface area contributed by atoms with Crippen molar-refractivity contribution in [2.75, 3.05) is 12.4 Å². The Hall–Kier alpha value is -2.45. The van der Waals surface area contributed by atoms with Crippen LogP contribution in [0.25, 0.3) is 0 Å². The van der Waals surface area contributed by atoms with E-state index in [0.29, 0.717) is 17.5 Å². The monoisotopic (exact) mass is 425 g/mol. The Morgan fingerprint density at radius 3 is 2.87 bits per heavy atom. The van der Waals surface area contributed by atoms with E-state index in [2.05, 4.69) is 51.3 Å². The van der Waals surface area contributed by atoms with Gasteiger partial charge in [0.15, 0.2) is 5.78 Å². The van der Waals surface area contributed by atoms with Crippen molar-refractivity contribution in [2.45, 2.75) is 57.5 Å². The zero-order valence-electron chi connectivity index (χ0n) is 17.5. The topological polar surface area (TPSA) is 74.8 Å². The molecule has 1 saturated heterocycles. The molecule has 1 aliphatic heterocycles. The van der Waals surface area contributed by atoms with E-state index in [0.717, 1.165) is 49.4 Å². The third-order valence-electron chi connectivity index (χ3n) is 5.57. The molecule has 0 spiro atoms. The molecule has 30 heavy (non-hydrogen) atoms. The molecule has 0 N–H and O–H groups in total. The van der Waals surface area contributed by atoms with Crippen LogP contribution < -0.4 is 0 Å². The van der Waals surface area contributed by atoms with Gasteiger partial charge in [-0.1, -0.05) is 42.1 Å². The zero-order valence-corrected chi connectivity index (χ0v) is 18.3. The fourth-order valence-electron chi connectivity index (χ4n) is 3.92. The van der Waals surface area contributed by atoms with Gasteiger partial charge >= 0.3 is 0 Å². The summed E-state index contributed by atoms with van der Waals surface area (Å²) in [5.41, 5.74) is 4.21. The first kappa shape index (κ1) is 20.8. The van der Waals surface area contributed by atoms with Crippen molar-refractivity contribution in [2.24, 2.45) is 0 Å². The second kappa shape index (κ2) is 9.57. The number of Topliss-reactive ketones (excluding diaryl/α,β-unsaturated/α-hetero) is 1. The molecule has 2 aromatic heterocycles. The van der Waals surface area contributed by atoms with Crippen LogP contribution in [0.4, 0.5) is 0 Å². The van der Waals surface area contributed by atoms with Crippen molar-refractivity contribution in [3.05, 3.63) is 58.9 Å². The molecule has 0 unspecified atom stereocenters. The summed E-state index contributed by atoms with van der Waals surface area (Å²) in [7, 11) is 0.